The molecule has 3 aliphatic rings. The molecule has 5 rings (SSSR count). The summed E-state index contributed by atoms with van der Waals surface area (Å²) >= 11 is 0. The molecule has 2 aliphatic carbocycles. The van der Waals surface area contributed by atoms with E-state index < -0.39 is 0 Å². The van der Waals surface area contributed by atoms with Gasteiger partial charge in [0.2, 0.25) is 0 Å². The van der Waals surface area contributed by atoms with E-state index in [-0.39, 0.29) is 0 Å². The highest BCUT2D eigenvalue weighted by Crippen LogP contribution is 2.44. The van der Waals surface area contributed by atoms with Gasteiger partial charge in [-0.1, -0.05) is 6.42 Å². The van der Waals surface area contributed by atoms with Crippen LogP contribution in [-0.2, 0) is 19.4 Å². The zero-order chi connectivity index (χ0) is 18.9. The first-order valence-electron chi connectivity index (χ1n) is 10.7. The van der Waals surface area contributed by atoms with Gasteiger partial charge in [0.05, 0.1) is 12.8 Å². The van der Waals surface area contributed by atoms with Crippen molar-refractivity contribution in [2.75, 3.05) is 6.54 Å². The molecule has 0 spiro atoms. The Hall–Kier alpha value is -2.31. The van der Waals surface area contributed by atoms with Crippen LogP contribution in [0.5, 0.6) is 0 Å². The first kappa shape index (κ1) is 17.8. The van der Waals surface area contributed by atoms with Crippen LogP contribution in [0, 0.1) is 18.8 Å². The number of hydrogen-bond donors (Lipinski definition) is 2. The molecule has 4 atom stereocenters. The van der Waals surface area contributed by atoms with E-state index in [2.05, 4.69) is 25.4 Å². The van der Waals surface area contributed by atoms with Crippen LogP contribution < -0.4 is 10.6 Å². The molecule has 2 aromatic rings. The van der Waals surface area contributed by atoms with Crippen molar-refractivity contribution < 1.29 is 4.42 Å². The number of fused-ring (bicyclic) bond motifs is 3. The SMILES string of the molecule is Cc1nc2n(n1)CC(NC(=NCCc1ccco1)NC1CC3CCC1C3)CC2. The zero-order valence-corrected chi connectivity index (χ0v) is 16.6. The topological polar surface area (TPSA) is 80.3 Å². The maximum absolute atomic E-state index is 5.45. The van der Waals surface area contributed by atoms with Crippen LogP contribution >= 0.6 is 0 Å². The van der Waals surface area contributed by atoms with Gasteiger partial charge in [-0.2, -0.15) is 5.10 Å². The van der Waals surface area contributed by atoms with Crippen LogP contribution in [-0.4, -0.2) is 39.4 Å². The molecular formula is C21H30N6O. The second-order valence-electron chi connectivity index (χ2n) is 8.62. The number of aryl methyl sites for hydroxylation is 2. The maximum atomic E-state index is 5.45. The van der Waals surface area contributed by atoms with E-state index in [0.717, 1.165) is 67.6 Å². The normalized spacial score (nSPS) is 29.1. The van der Waals surface area contributed by atoms with Crippen molar-refractivity contribution in [1.82, 2.24) is 25.4 Å². The van der Waals surface area contributed by atoms with E-state index in [4.69, 9.17) is 9.41 Å². The summed E-state index contributed by atoms with van der Waals surface area (Å²) in [7, 11) is 0. The van der Waals surface area contributed by atoms with Crippen molar-refractivity contribution in [3.05, 3.63) is 35.8 Å². The molecule has 2 N–H and O–H groups in total. The summed E-state index contributed by atoms with van der Waals surface area (Å²) in [5, 5.41) is 12.0. The molecule has 7 heteroatoms. The van der Waals surface area contributed by atoms with E-state index in [1.807, 2.05) is 19.1 Å². The summed E-state index contributed by atoms with van der Waals surface area (Å²) in [5.41, 5.74) is 0. The Kier molecular flexibility index (Phi) is 4.82. The van der Waals surface area contributed by atoms with Crippen molar-refractivity contribution in [2.24, 2.45) is 16.8 Å². The first-order chi connectivity index (χ1) is 13.7. The fourth-order valence-corrected chi connectivity index (χ4v) is 5.21. The van der Waals surface area contributed by atoms with Gasteiger partial charge < -0.3 is 15.1 Å². The molecule has 0 radical (unpaired) electrons. The molecule has 0 amide bonds. The van der Waals surface area contributed by atoms with Crippen LogP contribution in [0.25, 0.3) is 0 Å². The Labute approximate surface area is 166 Å². The van der Waals surface area contributed by atoms with Gasteiger partial charge in [-0.3, -0.25) is 4.99 Å². The predicted molar refractivity (Wildman–Crippen MR) is 107 cm³/mol. The van der Waals surface area contributed by atoms with Crippen LogP contribution in [0.1, 0.15) is 49.5 Å². The third-order valence-corrected chi connectivity index (χ3v) is 6.57. The lowest BCUT2D eigenvalue weighted by atomic mass is 9.95. The smallest absolute Gasteiger partial charge is 0.191 e. The van der Waals surface area contributed by atoms with Crippen LogP contribution in [0.2, 0.25) is 0 Å². The van der Waals surface area contributed by atoms with Gasteiger partial charge >= 0.3 is 0 Å². The lowest BCUT2D eigenvalue weighted by molar-refractivity contribution is 0.369. The average molecular weight is 383 g/mol. The molecule has 0 aromatic carbocycles. The summed E-state index contributed by atoms with van der Waals surface area (Å²) in [4.78, 5) is 9.41. The molecule has 0 saturated heterocycles. The Morgan fingerprint density at radius 2 is 2.25 bits per heavy atom. The maximum Gasteiger partial charge on any atom is 0.191 e. The fourth-order valence-electron chi connectivity index (χ4n) is 5.21. The van der Waals surface area contributed by atoms with E-state index >= 15 is 0 Å². The number of hydrogen-bond acceptors (Lipinski definition) is 4. The molecule has 7 nitrogen and oxygen atoms in total. The van der Waals surface area contributed by atoms with Gasteiger partial charge in [0, 0.05) is 31.5 Å². The fraction of sp³-hybridized carbons (Fsp3) is 0.667. The van der Waals surface area contributed by atoms with Crippen LogP contribution in [0.3, 0.4) is 0 Å². The second-order valence-corrected chi connectivity index (χ2v) is 8.62. The minimum atomic E-state index is 0.335. The van der Waals surface area contributed by atoms with Crippen molar-refractivity contribution in [3.8, 4) is 0 Å². The lowest BCUT2D eigenvalue weighted by Crippen LogP contribution is -2.51. The minimum Gasteiger partial charge on any atom is -0.469 e. The zero-order valence-electron chi connectivity index (χ0n) is 16.6. The van der Waals surface area contributed by atoms with E-state index in [1.165, 1.54) is 25.7 Å². The molecule has 28 heavy (non-hydrogen) atoms. The van der Waals surface area contributed by atoms with E-state index in [0.29, 0.717) is 12.1 Å². The number of aliphatic imine (C=N–C) groups is 1. The number of nitrogens with zero attached hydrogens (tertiary/aromatic N) is 4. The minimum absolute atomic E-state index is 0.335. The Morgan fingerprint density at radius 1 is 1.29 bits per heavy atom. The highest BCUT2D eigenvalue weighted by atomic mass is 16.3. The Bertz CT molecular complexity index is 826. The summed E-state index contributed by atoms with van der Waals surface area (Å²) in [6, 6.07) is 4.86. The van der Waals surface area contributed by atoms with Crippen LogP contribution in [0.15, 0.2) is 27.8 Å². The third kappa shape index (κ3) is 3.80. The Morgan fingerprint density at radius 3 is 3.04 bits per heavy atom. The summed E-state index contributed by atoms with van der Waals surface area (Å²) < 4.78 is 7.50. The Balaban J connectivity index is 1.25. The van der Waals surface area contributed by atoms with Gasteiger partial charge in [0.25, 0.3) is 0 Å². The first-order valence-corrected chi connectivity index (χ1v) is 10.7. The largest absolute Gasteiger partial charge is 0.469 e. The van der Waals surface area contributed by atoms with Gasteiger partial charge in [-0.25, -0.2) is 9.67 Å². The van der Waals surface area contributed by atoms with Crippen molar-refractivity contribution in [2.45, 2.75) is 70.5 Å². The molecule has 1 aliphatic heterocycles. The summed E-state index contributed by atoms with van der Waals surface area (Å²) in [5.74, 6) is 5.65. The van der Waals surface area contributed by atoms with E-state index in [9.17, 15) is 0 Å². The monoisotopic (exact) mass is 382 g/mol. The lowest BCUT2D eigenvalue weighted by Gasteiger charge is -2.29. The van der Waals surface area contributed by atoms with Crippen LogP contribution in [0.4, 0.5) is 0 Å². The van der Waals surface area contributed by atoms with Gasteiger partial charge in [0.15, 0.2) is 5.96 Å². The van der Waals surface area contributed by atoms with Crippen molar-refractivity contribution in [3.63, 3.8) is 0 Å². The standard InChI is InChI=1S/C21H30N6O/c1-14-23-20-7-6-17(13-27(20)26-14)24-21(22-9-8-18-3-2-10-28-18)25-19-12-15-4-5-16(19)11-15/h2-3,10,15-17,19H,4-9,11-13H2,1H3,(H2,22,24,25). The van der Waals surface area contributed by atoms with Gasteiger partial charge in [0.1, 0.15) is 17.4 Å². The summed E-state index contributed by atoms with van der Waals surface area (Å²) in [6.45, 7) is 3.54. The third-order valence-electron chi connectivity index (χ3n) is 6.57. The number of nitrogens with one attached hydrogen (secondary N) is 2. The molecule has 2 bridgehead atoms. The molecular weight excluding hydrogens is 352 g/mol. The molecule has 2 saturated carbocycles. The number of aromatic nitrogens is 3. The average Bonchev–Trinajstić information content (AvgIpc) is 3.45. The molecule has 3 heterocycles. The quantitative estimate of drug-likeness (QED) is 0.613. The highest BCUT2D eigenvalue weighted by Gasteiger charge is 2.40. The van der Waals surface area contributed by atoms with Crippen molar-refractivity contribution >= 4 is 5.96 Å². The van der Waals surface area contributed by atoms with Gasteiger partial charge in [-0.05, 0) is 56.6 Å². The van der Waals surface area contributed by atoms with Crippen molar-refractivity contribution in [1.29, 1.82) is 0 Å². The molecule has 4 unspecified atom stereocenters. The highest BCUT2D eigenvalue weighted by molar-refractivity contribution is 5.80. The molecule has 2 fully saturated rings. The predicted octanol–water partition coefficient (Wildman–Crippen LogP) is 2.46. The molecule has 150 valence electrons. The number of guanidine groups is 1. The van der Waals surface area contributed by atoms with Gasteiger partial charge in [-0.15, -0.1) is 0 Å². The second kappa shape index (κ2) is 7.60. The van der Waals surface area contributed by atoms with E-state index in [1.54, 1.807) is 6.26 Å². The summed E-state index contributed by atoms with van der Waals surface area (Å²) in [6.07, 6.45) is 10.0. The number of rotatable bonds is 5. The number of furan rings is 1. The molecule has 2 aromatic heterocycles.